The molecule has 0 bridgehead atoms. The van der Waals surface area contributed by atoms with E-state index in [2.05, 4.69) is 0 Å². The van der Waals surface area contributed by atoms with Gasteiger partial charge in [0.15, 0.2) is 3.95 Å². The summed E-state index contributed by atoms with van der Waals surface area (Å²) < 4.78 is 9.17. The molecule has 2 aromatic heterocycles. The molecule has 0 amide bonds. The number of nitrogens with zero attached hydrogens (tertiary/aromatic N) is 2. The van der Waals surface area contributed by atoms with Gasteiger partial charge in [0.1, 0.15) is 5.65 Å². The van der Waals surface area contributed by atoms with Crippen LogP contribution in [0.5, 0.6) is 0 Å². The maximum absolute atomic E-state index is 13.8. The summed E-state index contributed by atoms with van der Waals surface area (Å²) in [5, 5.41) is 0.496. The lowest BCUT2D eigenvalue weighted by Gasteiger charge is -2.14. The van der Waals surface area contributed by atoms with Crippen molar-refractivity contribution < 1.29 is 9.53 Å². The Morgan fingerprint density at radius 2 is 1.76 bits per heavy atom. The minimum Gasteiger partial charge on any atom is -0.465 e. The van der Waals surface area contributed by atoms with Crippen molar-refractivity contribution in [3.05, 3.63) is 104 Å². The molecule has 33 heavy (non-hydrogen) atoms. The zero-order valence-corrected chi connectivity index (χ0v) is 19.7. The maximum Gasteiger partial charge on any atom is 0.337 e. The summed E-state index contributed by atoms with van der Waals surface area (Å²) in [5.74, 6) is -0.459. The van der Waals surface area contributed by atoms with E-state index in [4.69, 9.17) is 17.0 Å². The first-order chi connectivity index (χ1) is 16.0. The van der Waals surface area contributed by atoms with Gasteiger partial charge in [-0.1, -0.05) is 60.2 Å². The molecule has 0 saturated heterocycles. The molecule has 0 aliphatic heterocycles. The van der Waals surface area contributed by atoms with Crippen molar-refractivity contribution in [3.8, 4) is 10.4 Å². The van der Waals surface area contributed by atoms with Crippen LogP contribution in [0.15, 0.2) is 77.6 Å². The van der Waals surface area contributed by atoms with Crippen LogP contribution < -0.4 is 5.56 Å². The zero-order chi connectivity index (χ0) is 23.1. The number of rotatable bonds is 4. The van der Waals surface area contributed by atoms with Crippen molar-refractivity contribution in [1.29, 1.82) is 0 Å². The second kappa shape index (κ2) is 8.42. The van der Waals surface area contributed by atoms with Crippen molar-refractivity contribution in [3.63, 3.8) is 0 Å². The lowest BCUT2D eigenvalue weighted by Crippen LogP contribution is -2.24. The van der Waals surface area contributed by atoms with Gasteiger partial charge in [-0.15, -0.1) is 11.3 Å². The van der Waals surface area contributed by atoms with E-state index in [1.54, 1.807) is 22.8 Å². The smallest absolute Gasteiger partial charge is 0.337 e. The number of methoxy groups -OCH3 is 1. The van der Waals surface area contributed by atoms with Crippen LogP contribution in [-0.2, 0) is 11.3 Å². The van der Waals surface area contributed by atoms with Crippen molar-refractivity contribution in [2.75, 3.05) is 7.11 Å². The predicted molar refractivity (Wildman–Crippen MR) is 135 cm³/mol. The van der Waals surface area contributed by atoms with E-state index < -0.39 is 5.97 Å². The van der Waals surface area contributed by atoms with Gasteiger partial charge in [-0.3, -0.25) is 13.8 Å². The largest absolute Gasteiger partial charge is 0.465 e. The Morgan fingerprint density at radius 1 is 1.03 bits per heavy atom. The highest BCUT2D eigenvalue weighted by Gasteiger charge is 2.20. The van der Waals surface area contributed by atoms with E-state index in [-0.39, 0.29) is 5.56 Å². The summed E-state index contributed by atoms with van der Waals surface area (Å²) >= 11 is 7.23. The summed E-state index contributed by atoms with van der Waals surface area (Å²) in [6, 6.07) is 23.0. The van der Waals surface area contributed by atoms with E-state index in [9.17, 15) is 9.59 Å². The van der Waals surface area contributed by atoms with Gasteiger partial charge in [-0.05, 0) is 48.5 Å². The Morgan fingerprint density at radius 3 is 2.45 bits per heavy atom. The standard InChI is InChI=1S/C26H20N2O3S2/c1-16-8-10-17(11-9-16)15-27-23-22(18-6-4-3-5-7-18)33-26(32)28(23)21-14-19(25(30)31-2)12-13-20(21)24(27)29/h3-14H,15H2,1-2H3. The number of benzene rings is 3. The number of thiazole rings is 1. The third kappa shape index (κ3) is 3.69. The van der Waals surface area contributed by atoms with E-state index in [0.29, 0.717) is 27.0 Å². The van der Waals surface area contributed by atoms with Gasteiger partial charge in [-0.25, -0.2) is 4.79 Å². The second-order valence-electron chi connectivity index (χ2n) is 7.82. The molecule has 7 heteroatoms. The van der Waals surface area contributed by atoms with E-state index >= 15 is 0 Å². The highest BCUT2D eigenvalue weighted by Crippen LogP contribution is 2.33. The molecule has 5 rings (SSSR count). The number of fused-ring (bicyclic) bond motifs is 3. The van der Waals surface area contributed by atoms with Crippen molar-refractivity contribution in [2.45, 2.75) is 13.5 Å². The van der Waals surface area contributed by atoms with E-state index in [0.717, 1.165) is 27.2 Å². The highest BCUT2D eigenvalue weighted by molar-refractivity contribution is 7.73. The number of hydrogen-bond acceptors (Lipinski definition) is 5. The first-order valence-electron chi connectivity index (χ1n) is 10.4. The Balaban J connectivity index is 1.90. The first kappa shape index (κ1) is 21.3. The predicted octanol–water partition coefficient (Wildman–Crippen LogP) is 5.86. The summed E-state index contributed by atoms with van der Waals surface area (Å²) in [6.45, 7) is 2.44. The lowest BCUT2D eigenvalue weighted by molar-refractivity contribution is 0.0601. The van der Waals surface area contributed by atoms with Gasteiger partial charge in [0.05, 0.1) is 35.0 Å². The van der Waals surface area contributed by atoms with Crippen molar-refractivity contribution in [2.24, 2.45) is 0 Å². The fraction of sp³-hybridized carbons (Fsp3) is 0.115. The molecular formula is C26H20N2O3S2. The quantitative estimate of drug-likeness (QED) is 0.243. The molecule has 0 unspecified atom stereocenters. The van der Waals surface area contributed by atoms with Gasteiger partial charge in [-0.2, -0.15) is 0 Å². The molecule has 0 N–H and O–H groups in total. The molecule has 0 radical (unpaired) electrons. The third-order valence-electron chi connectivity index (χ3n) is 5.68. The number of hydrogen-bond donors (Lipinski definition) is 0. The summed E-state index contributed by atoms with van der Waals surface area (Å²) in [7, 11) is 1.34. The molecule has 164 valence electrons. The minimum absolute atomic E-state index is 0.132. The van der Waals surface area contributed by atoms with Gasteiger partial charge >= 0.3 is 5.97 Å². The van der Waals surface area contributed by atoms with Crippen LogP contribution in [0.3, 0.4) is 0 Å². The topological polar surface area (TPSA) is 52.7 Å². The summed E-state index contributed by atoms with van der Waals surface area (Å²) in [4.78, 5) is 26.9. The molecule has 5 aromatic rings. The van der Waals surface area contributed by atoms with Crippen LogP contribution in [0.4, 0.5) is 0 Å². The number of carbonyl (C=O) groups excluding carboxylic acids is 1. The molecule has 5 nitrogen and oxygen atoms in total. The van der Waals surface area contributed by atoms with Crippen LogP contribution in [0, 0.1) is 10.9 Å². The molecule has 0 fully saturated rings. The van der Waals surface area contributed by atoms with Gasteiger partial charge in [0.25, 0.3) is 5.56 Å². The molecule has 0 spiro atoms. The van der Waals surface area contributed by atoms with Crippen LogP contribution >= 0.6 is 23.6 Å². The van der Waals surface area contributed by atoms with E-state index in [1.165, 1.54) is 18.4 Å². The minimum atomic E-state index is -0.459. The monoisotopic (exact) mass is 472 g/mol. The number of aromatic nitrogens is 2. The van der Waals surface area contributed by atoms with Crippen LogP contribution in [0.2, 0.25) is 0 Å². The SMILES string of the molecule is COC(=O)c1ccc2c(=O)n(Cc3ccc(C)cc3)c3c(-c4ccccc4)sc(=S)n3c2c1. The molecule has 0 aliphatic carbocycles. The number of aryl methyl sites for hydroxylation is 1. The van der Waals surface area contributed by atoms with Gasteiger partial charge in [0, 0.05) is 0 Å². The molecule has 0 saturated carbocycles. The van der Waals surface area contributed by atoms with Crippen molar-refractivity contribution >= 4 is 46.1 Å². The van der Waals surface area contributed by atoms with Gasteiger partial charge < -0.3 is 4.74 Å². The number of esters is 1. The van der Waals surface area contributed by atoms with Crippen LogP contribution in [0.1, 0.15) is 21.5 Å². The van der Waals surface area contributed by atoms with E-state index in [1.807, 2.05) is 65.9 Å². The van der Waals surface area contributed by atoms with Crippen LogP contribution in [-0.4, -0.2) is 22.0 Å². The Labute approximate surface area is 199 Å². The zero-order valence-electron chi connectivity index (χ0n) is 18.1. The first-order valence-corrected chi connectivity index (χ1v) is 11.6. The summed E-state index contributed by atoms with van der Waals surface area (Å²) in [5.41, 5.74) is 4.72. The van der Waals surface area contributed by atoms with Gasteiger partial charge in [0.2, 0.25) is 0 Å². The second-order valence-corrected chi connectivity index (χ2v) is 9.47. The third-order valence-corrected chi connectivity index (χ3v) is 7.09. The van der Waals surface area contributed by atoms with Crippen LogP contribution in [0.25, 0.3) is 27.0 Å². The Bertz CT molecular complexity index is 1630. The molecular weight excluding hydrogens is 452 g/mol. The van der Waals surface area contributed by atoms with Crippen molar-refractivity contribution in [1.82, 2.24) is 8.97 Å². The molecule has 0 aliphatic rings. The normalized spacial score (nSPS) is 11.2. The molecule has 2 heterocycles. The highest BCUT2D eigenvalue weighted by atomic mass is 32.1. The lowest BCUT2D eigenvalue weighted by atomic mass is 10.1. The Kier molecular flexibility index (Phi) is 5.44. The number of carbonyl (C=O) groups is 1. The summed E-state index contributed by atoms with van der Waals surface area (Å²) in [6.07, 6.45) is 0. The molecule has 3 aromatic carbocycles. The Hall–Kier alpha value is -3.55. The molecule has 0 atom stereocenters. The maximum atomic E-state index is 13.8. The average Bonchev–Trinajstić information content (AvgIpc) is 3.19. The number of ether oxygens (including phenoxy) is 1. The fourth-order valence-electron chi connectivity index (χ4n) is 4.01. The average molecular weight is 473 g/mol. The fourth-order valence-corrected chi connectivity index (χ4v) is 5.44.